The van der Waals surface area contributed by atoms with Crippen molar-refractivity contribution in [2.45, 2.75) is 13.5 Å². The fourth-order valence-electron chi connectivity index (χ4n) is 2.15. The van der Waals surface area contributed by atoms with Crippen molar-refractivity contribution in [3.05, 3.63) is 63.5 Å². The van der Waals surface area contributed by atoms with E-state index in [4.69, 9.17) is 14.2 Å². The van der Waals surface area contributed by atoms with Crippen LogP contribution in [-0.4, -0.2) is 24.6 Å². The molecular formula is C17H16FNO6. The van der Waals surface area contributed by atoms with Crippen LogP contribution in [0, 0.1) is 15.9 Å². The zero-order chi connectivity index (χ0) is 18.4. The number of hydrogen-bond acceptors (Lipinski definition) is 6. The molecule has 2 rings (SSSR count). The first-order chi connectivity index (χ1) is 12.0. The highest BCUT2D eigenvalue weighted by atomic mass is 19.1. The van der Waals surface area contributed by atoms with Gasteiger partial charge in [0.05, 0.1) is 24.2 Å². The first-order valence-corrected chi connectivity index (χ1v) is 7.37. The standard InChI is InChI=1S/C17H16FNO6/c1-3-24-16-6-4-11(9-14(16)19(21)22)17(20)25-10-12-8-13(18)5-7-15(12)23-2/h4-9H,3,10H2,1-2H3. The molecule has 0 aliphatic rings. The largest absolute Gasteiger partial charge is 0.496 e. The zero-order valence-electron chi connectivity index (χ0n) is 13.7. The Morgan fingerprint density at radius 3 is 2.56 bits per heavy atom. The molecule has 0 aromatic heterocycles. The van der Waals surface area contributed by atoms with Gasteiger partial charge in [-0.3, -0.25) is 10.1 Å². The van der Waals surface area contributed by atoms with E-state index in [9.17, 15) is 19.3 Å². The Morgan fingerprint density at radius 1 is 1.20 bits per heavy atom. The Labute approximate surface area is 143 Å². The molecule has 0 saturated carbocycles. The predicted molar refractivity (Wildman–Crippen MR) is 86.3 cm³/mol. The number of benzene rings is 2. The molecule has 2 aromatic carbocycles. The monoisotopic (exact) mass is 349 g/mol. The number of methoxy groups -OCH3 is 1. The fourth-order valence-corrected chi connectivity index (χ4v) is 2.15. The Hall–Kier alpha value is -3.16. The van der Waals surface area contributed by atoms with Gasteiger partial charge < -0.3 is 14.2 Å². The summed E-state index contributed by atoms with van der Waals surface area (Å²) in [5.74, 6) is -0.844. The lowest BCUT2D eigenvalue weighted by Gasteiger charge is -2.10. The van der Waals surface area contributed by atoms with Crippen LogP contribution in [0.15, 0.2) is 36.4 Å². The normalized spacial score (nSPS) is 10.2. The van der Waals surface area contributed by atoms with Gasteiger partial charge in [-0.25, -0.2) is 9.18 Å². The van der Waals surface area contributed by atoms with Gasteiger partial charge in [0.25, 0.3) is 0 Å². The average Bonchev–Trinajstić information content (AvgIpc) is 2.60. The van der Waals surface area contributed by atoms with Crippen LogP contribution in [0.5, 0.6) is 11.5 Å². The molecule has 0 radical (unpaired) electrons. The first-order valence-electron chi connectivity index (χ1n) is 7.37. The summed E-state index contributed by atoms with van der Waals surface area (Å²) in [4.78, 5) is 22.6. The van der Waals surface area contributed by atoms with Crippen LogP contribution in [0.2, 0.25) is 0 Å². The second-order valence-corrected chi connectivity index (χ2v) is 4.90. The molecule has 8 heteroatoms. The molecule has 0 heterocycles. The Balaban J connectivity index is 2.17. The molecule has 0 spiro atoms. The van der Waals surface area contributed by atoms with Crippen LogP contribution < -0.4 is 9.47 Å². The third kappa shape index (κ3) is 4.43. The van der Waals surface area contributed by atoms with Crippen LogP contribution in [-0.2, 0) is 11.3 Å². The number of hydrogen-bond donors (Lipinski definition) is 0. The van der Waals surface area contributed by atoms with Crippen molar-refractivity contribution in [3.8, 4) is 11.5 Å². The summed E-state index contributed by atoms with van der Waals surface area (Å²) < 4.78 is 28.6. The minimum absolute atomic E-state index is 0.00878. The highest BCUT2D eigenvalue weighted by molar-refractivity contribution is 5.90. The number of rotatable bonds is 7. The Kier molecular flexibility index (Phi) is 5.89. The molecule has 25 heavy (non-hydrogen) atoms. The minimum atomic E-state index is -0.780. The number of nitro groups is 1. The van der Waals surface area contributed by atoms with Crippen LogP contribution >= 0.6 is 0 Å². The Bertz CT molecular complexity index is 793. The van der Waals surface area contributed by atoms with Gasteiger partial charge in [0, 0.05) is 11.6 Å². The fraction of sp³-hybridized carbons (Fsp3) is 0.235. The lowest BCUT2D eigenvalue weighted by Crippen LogP contribution is -2.07. The molecule has 0 fully saturated rings. The maximum Gasteiger partial charge on any atom is 0.338 e. The quantitative estimate of drug-likeness (QED) is 0.432. The van der Waals surface area contributed by atoms with E-state index in [0.717, 1.165) is 6.07 Å². The third-order valence-corrected chi connectivity index (χ3v) is 3.29. The third-order valence-electron chi connectivity index (χ3n) is 3.29. The van der Waals surface area contributed by atoms with E-state index in [0.29, 0.717) is 11.3 Å². The number of nitrogens with zero attached hydrogens (tertiary/aromatic N) is 1. The number of carbonyl (C=O) groups is 1. The minimum Gasteiger partial charge on any atom is -0.496 e. The molecule has 2 aromatic rings. The summed E-state index contributed by atoms with van der Waals surface area (Å²) in [5.41, 5.74) is 0.00134. The molecular weight excluding hydrogens is 333 g/mol. The number of halogens is 1. The van der Waals surface area contributed by atoms with Crippen LogP contribution in [0.25, 0.3) is 0 Å². The molecule has 0 aliphatic carbocycles. The van der Waals surface area contributed by atoms with Crippen molar-refractivity contribution in [3.63, 3.8) is 0 Å². The summed E-state index contributed by atoms with van der Waals surface area (Å²) in [5, 5.41) is 11.1. The van der Waals surface area contributed by atoms with E-state index in [-0.39, 0.29) is 30.2 Å². The number of esters is 1. The summed E-state index contributed by atoms with van der Waals surface area (Å²) in [6.45, 7) is 1.71. The highest BCUT2D eigenvalue weighted by Crippen LogP contribution is 2.28. The van der Waals surface area contributed by atoms with Crippen molar-refractivity contribution in [1.29, 1.82) is 0 Å². The number of carbonyl (C=O) groups excluding carboxylic acids is 1. The van der Waals surface area contributed by atoms with Crippen molar-refractivity contribution in [1.82, 2.24) is 0 Å². The summed E-state index contributed by atoms with van der Waals surface area (Å²) in [6, 6.07) is 7.60. The van der Waals surface area contributed by atoms with Crippen LogP contribution in [0.3, 0.4) is 0 Å². The van der Waals surface area contributed by atoms with E-state index >= 15 is 0 Å². The molecule has 0 amide bonds. The maximum atomic E-state index is 13.3. The van der Waals surface area contributed by atoms with Gasteiger partial charge in [-0.1, -0.05) is 0 Å². The van der Waals surface area contributed by atoms with Crippen molar-refractivity contribution < 1.29 is 28.3 Å². The molecule has 0 unspecified atom stereocenters. The lowest BCUT2D eigenvalue weighted by molar-refractivity contribution is -0.385. The molecule has 0 bridgehead atoms. The zero-order valence-corrected chi connectivity index (χ0v) is 13.7. The molecule has 0 atom stereocenters. The van der Waals surface area contributed by atoms with Gasteiger partial charge >= 0.3 is 11.7 Å². The van der Waals surface area contributed by atoms with Gasteiger partial charge in [-0.15, -0.1) is 0 Å². The van der Waals surface area contributed by atoms with E-state index in [1.807, 2.05) is 0 Å². The first kappa shape index (κ1) is 18.2. The van der Waals surface area contributed by atoms with E-state index in [1.165, 1.54) is 37.4 Å². The Morgan fingerprint density at radius 2 is 1.92 bits per heavy atom. The molecule has 0 N–H and O–H groups in total. The van der Waals surface area contributed by atoms with Crippen molar-refractivity contribution in [2.75, 3.05) is 13.7 Å². The second kappa shape index (κ2) is 8.09. The number of nitro benzene ring substituents is 1. The van der Waals surface area contributed by atoms with Crippen molar-refractivity contribution in [2.24, 2.45) is 0 Å². The molecule has 0 saturated heterocycles. The van der Waals surface area contributed by atoms with Gasteiger partial charge in [0.2, 0.25) is 0 Å². The van der Waals surface area contributed by atoms with E-state index in [1.54, 1.807) is 6.92 Å². The van der Waals surface area contributed by atoms with E-state index < -0.39 is 16.7 Å². The molecule has 7 nitrogen and oxygen atoms in total. The van der Waals surface area contributed by atoms with E-state index in [2.05, 4.69) is 0 Å². The molecule has 0 aliphatic heterocycles. The predicted octanol–water partition coefficient (Wildman–Crippen LogP) is 3.50. The second-order valence-electron chi connectivity index (χ2n) is 4.90. The SMILES string of the molecule is CCOc1ccc(C(=O)OCc2cc(F)ccc2OC)cc1[N+](=O)[O-]. The topological polar surface area (TPSA) is 87.9 Å². The molecule has 132 valence electrons. The highest BCUT2D eigenvalue weighted by Gasteiger charge is 2.19. The van der Waals surface area contributed by atoms with Gasteiger partial charge in [-0.05, 0) is 37.3 Å². The van der Waals surface area contributed by atoms with Gasteiger partial charge in [0.15, 0.2) is 5.75 Å². The maximum absolute atomic E-state index is 13.3. The van der Waals surface area contributed by atoms with Gasteiger partial charge in [-0.2, -0.15) is 0 Å². The van der Waals surface area contributed by atoms with Crippen molar-refractivity contribution >= 4 is 11.7 Å². The van der Waals surface area contributed by atoms with Crippen LogP contribution in [0.4, 0.5) is 10.1 Å². The summed E-state index contributed by atoms with van der Waals surface area (Å²) in [7, 11) is 1.41. The smallest absolute Gasteiger partial charge is 0.338 e. The van der Waals surface area contributed by atoms with Crippen LogP contribution in [0.1, 0.15) is 22.8 Å². The van der Waals surface area contributed by atoms with Gasteiger partial charge in [0.1, 0.15) is 18.2 Å². The number of ether oxygens (including phenoxy) is 3. The lowest BCUT2D eigenvalue weighted by atomic mass is 10.2. The summed E-state index contributed by atoms with van der Waals surface area (Å²) in [6.07, 6.45) is 0. The summed E-state index contributed by atoms with van der Waals surface area (Å²) >= 11 is 0. The average molecular weight is 349 g/mol.